The largest absolute Gasteiger partial charge is 0.508 e. The molecule has 0 spiro atoms. The Labute approximate surface area is 205 Å². The summed E-state index contributed by atoms with van der Waals surface area (Å²) in [6.45, 7) is 4.17. The van der Waals surface area contributed by atoms with E-state index in [2.05, 4.69) is 59.5 Å². The number of halogens is 1. The van der Waals surface area contributed by atoms with Crippen molar-refractivity contribution in [1.82, 2.24) is 4.90 Å². The van der Waals surface area contributed by atoms with Gasteiger partial charge in [-0.2, -0.15) is 0 Å². The van der Waals surface area contributed by atoms with Gasteiger partial charge >= 0.3 is 0 Å². The number of likely N-dealkylation sites (tertiary alicyclic amines) is 1. The number of fused-ring (bicyclic) bond motifs is 5. The summed E-state index contributed by atoms with van der Waals surface area (Å²) in [5, 5.41) is 11.2. The van der Waals surface area contributed by atoms with Crippen molar-refractivity contribution >= 4 is 33.8 Å². The molecule has 0 bridgehead atoms. The Morgan fingerprint density at radius 3 is 2.55 bits per heavy atom. The van der Waals surface area contributed by atoms with Gasteiger partial charge in [-0.3, -0.25) is 4.90 Å². The lowest BCUT2D eigenvalue weighted by Gasteiger charge is -2.26. The maximum absolute atomic E-state index is 9.97. The molecular weight excluding hydrogens is 450 g/mol. The van der Waals surface area contributed by atoms with Crippen molar-refractivity contribution in [3.8, 4) is 21.9 Å². The highest BCUT2D eigenvalue weighted by atomic mass is 35.5. The van der Waals surface area contributed by atoms with Gasteiger partial charge in [0.2, 0.25) is 0 Å². The molecule has 3 aromatic carbocycles. The molecule has 1 aliphatic heterocycles. The number of thiophene rings is 1. The van der Waals surface area contributed by atoms with Crippen molar-refractivity contribution in [3.05, 3.63) is 83.4 Å². The predicted octanol–water partition coefficient (Wildman–Crippen LogP) is 7.05. The molecule has 0 amide bonds. The number of phenols is 1. The number of aromatic hydroxyl groups is 1. The third kappa shape index (κ3) is 4.12. The first-order chi connectivity index (χ1) is 15.8. The zero-order chi connectivity index (χ0) is 21.5. The van der Waals surface area contributed by atoms with Gasteiger partial charge in [-0.25, -0.2) is 0 Å². The molecule has 170 valence electrons. The van der Waals surface area contributed by atoms with Crippen LogP contribution in [-0.4, -0.2) is 36.2 Å². The molecule has 4 aromatic rings. The van der Waals surface area contributed by atoms with Gasteiger partial charge in [-0.05, 0) is 83.9 Å². The minimum atomic E-state index is 0. The number of nitrogens with zero attached hydrogens (tertiary/aromatic N) is 1. The molecule has 2 heterocycles. The Morgan fingerprint density at radius 1 is 0.939 bits per heavy atom. The molecule has 33 heavy (non-hydrogen) atoms. The molecule has 1 aromatic heterocycles. The second-order valence-corrected chi connectivity index (χ2v) is 9.92. The first kappa shape index (κ1) is 22.3. The van der Waals surface area contributed by atoms with Crippen molar-refractivity contribution < 1.29 is 9.84 Å². The van der Waals surface area contributed by atoms with E-state index in [9.17, 15) is 5.11 Å². The van der Waals surface area contributed by atoms with E-state index in [1.165, 1.54) is 64.9 Å². The van der Waals surface area contributed by atoms with Crippen LogP contribution in [0.5, 0.6) is 11.5 Å². The fraction of sp³-hybridized carbons (Fsp3) is 0.286. The van der Waals surface area contributed by atoms with E-state index in [4.69, 9.17) is 4.74 Å². The Balaban J connectivity index is 0.00000228. The highest BCUT2D eigenvalue weighted by molar-refractivity contribution is 7.22. The summed E-state index contributed by atoms with van der Waals surface area (Å²) in [5.74, 6) is 1.48. The topological polar surface area (TPSA) is 32.7 Å². The van der Waals surface area contributed by atoms with Crippen molar-refractivity contribution in [2.45, 2.75) is 25.2 Å². The second-order valence-electron chi connectivity index (χ2n) is 8.87. The molecule has 1 saturated heterocycles. The molecule has 0 radical (unpaired) electrons. The third-order valence-corrected chi connectivity index (χ3v) is 8.06. The summed E-state index contributed by atoms with van der Waals surface area (Å²) in [7, 11) is 0. The molecule has 0 saturated carbocycles. The number of hydrogen-bond donors (Lipinski definition) is 1. The molecule has 3 nitrogen and oxygen atoms in total. The van der Waals surface area contributed by atoms with Crippen LogP contribution in [0, 0.1) is 0 Å². The van der Waals surface area contributed by atoms with Crippen molar-refractivity contribution in [3.63, 3.8) is 0 Å². The van der Waals surface area contributed by atoms with Crippen molar-refractivity contribution in [2.24, 2.45) is 0 Å². The van der Waals surface area contributed by atoms with Crippen LogP contribution in [0.4, 0.5) is 0 Å². The molecule has 2 aliphatic rings. The van der Waals surface area contributed by atoms with E-state index in [0.29, 0.717) is 5.75 Å². The molecule has 1 aliphatic carbocycles. The smallest absolute Gasteiger partial charge is 0.119 e. The fourth-order valence-electron chi connectivity index (χ4n) is 5.28. The lowest BCUT2D eigenvalue weighted by molar-refractivity contribution is 0.183. The monoisotopic (exact) mass is 477 g/mol. The Kier molecular flexibility index (Phi) is 6.33. The quantitative estimate of drug-likeness (QED) is 0.294. The number of rotatable bonds is 5. The van der Waals surface area contributed by atoms with Gasteiger partial charge in [-0.1, -0.05) is 42.8 Å². The second kappa shape index (κ2) is 9.38. The zero-order valence-corrected chi connectivity index (χ0v) is 20.1. The van der Waals surface area contributed by atoms with E-state index in [1.54, 1.807) is 17.4 Å². The van der Waals surface area contributed by atoms with Gasteiger partial charge in [0.15, 0.2) is 0 Å². The average molecular weight is 478 g/mol. The molecule has 6 rings (SSSR count). The Morgan fingerprint density at radius 2 is 1.73 bits per heavy atom. The van der Waals surface area contributed by atoms with E-state index < -0.39 is 0 Å². The molecular formula is C28H28ClNO2S. The Hall–Kier alpha value is -2.53. The number of hydrogen-bond acceptors (Lipinski definition) is 4. The maximum Gasteiger partial charge on any atom is 0.119 e. The molecule has 1 N–H and O–H groups in total. The van der Waals surface area contributed by atoms with Crippen LogP contribution < -0.4 is 4.74 Å². The van der Waals surface area contributed by atoms with Crippen LogP contribution in [-0.2, 0) is 0 Å². The van der Waals surface area contributed by atoms with Crippen LogP contribution >= 0.6 is 23.7 Å². The predicted molar refractivity (Wildman–Crippen MR) is 139 cm³/mol. The van der Waals surface area contributed by atoms with E-state index in [-0.39, 0.29) is 18.3 Å². The fourth-order valence-corrected chi connectivity index (χ4v) is 6.60. The first-order valence-corrected chi connectivity index (χ1v) is 12.4. The van der Waals surface area contributed by atoms with Gasteiger partial charge in [0.25, 0.3) is 0 Å². The van der Waals surface area contributed by atoms with Gasteiger partial charge in [0.1, 0.15) is 18.1 Å². The van der Waals surface area contributed by atoms with Crippen LogP contribution in [0.25, 0.3) is 20.5 Å². The molecule has 5 heteroatoms. The number of benzene rings is 3. The average Bonchev–Trinajstić information content (AvgIpc) is 3.34. The third-order valence-electron chi connectivity index (χ3n) is 6.86. The van der Waals surface area contributed by atoms with Crippen LogP contribution in [0.1, 0.15) is 41.9 Å². The summed E-state index contributed by atoms with van der Waals surface area (Å²) in [5.41, 5.74) is 5.33. The lowest BCUT2D eigenvalue weighted by Crippen LogP contribution is -2.33. The molecule has 1 fully saturated rings. The van der Waals surface area contributed by atoms with Crippen LogP contribution in [0.2, 0.25) is 0 Å². The zero-order valence-electron chi connectivity index (χ0n) is 18.5. The highest BCUT2D eigenvalue weighted by Gasteiger charge is 2.33. The number of ether oxygens (including phenoxy) is 1. The highest BCUT2D eigenvalue weighted by Crippen LogP contribution is 2.54. The Bertz CT molecular complexity index is 1260. The SMILES string of the molecule is Cl.Oc1ccc2c3c(sc2c1)-c1ccccc1C3c1ccc(OCCN2CCCCC2)cc1. The van der Waals surface area contributed by atoms with Gasteiger partial charge in [0, 0.05) is 22.0 Å². The summed E-state index contributed by atoms with van der Waals surface area (Å²) >= 11 is 1.78. The standard InChI is InChI=1S/C28H27NO2S.ClH/c30-20-10-13-24-25(18-20)32-28-23-7-3-2-6-22(23)26(27(24)28)19-8-11-21(12-9-19)31-17-16-29-14-4-1-5-15-29;/h2-3,6-13,18,26,30H,1,4-5,14-17H2;1H. The summed E-state index contributed by atoms with van der Waals surface area (Å²) in [6, 6.07) is 23.2. The number of piperidine rings is 1. The molecule has 1 unspecified atom stereocenters. The van der Waals surface area contributed by atoms with Crippen molar-refractivity contribution in [2.75, 3.05) is 26.2 Å². The van der Waals surface area contributed by atoms with Crippen LogP contribution in [0.15, 0.2) is 66.7 Å². The minimum absolute atomic E-state index is 0. The van der Waals surface area contributed by atoms with E-state index in [1.807, 2.05) is 6.07 Å². The summed E-state index contributed by atoms with van der Waals surface area (Å²) < 4.78 is 7.21. The normalized spacial score (nSPS) is 17.4. The van der Waals surface area contributed by atoms with Gasteiger partial charge in [0.05, 0.1) is 0 Å². The van der Waals surface area contributed by atoms with Gasteiger partial charge < -0.3 is 9.84 Å². The minimum Gasteiger partial charge on any atom is -0.508 e. The van der Waals surface area contributed by atoms with Crippen LogP contribution in [0.3, 0.4) is 0 Å². The first-order valence-electron chi connectivity index (χ1n) is 11.6. The van der Waals surface area contributed by atoms with E-state index >= 15 is 0 Å². The number of phenolic OH excluding ortho intramolecular Hbond substituents is 1. The lowest BCUT2D eigenvalue weighted by atomic mass is 9.88. The summed E-state index contributed by atoms with van der Waals surface area (Å²) in [6.07, 6.45) is 4.00. The van der Waals surface area contributed by atoms with Crippen molar-refractivity contribution in [1.29, 1.82) is 0 Å². The summed E-state index contributed by atoms with van der Waals surface area (Å²) in [4.78, 5) is 3.84. The van der Waals surface area contributed by atoms with Gasteiger partial charge in [-0.15, -0.1) is 23.7 Å². The molecule has 1 atom stereocenters. The van der Waals surface area contributed by atoms with E-state index in [0.717, 1.165) is 23.6 Å². The maximum atomic E-state index is 9.97.